The van der Waals surface area contributed by atoms with Crippen LogP contribution in [0, 0.1) is 0 Å². The van der Waals surface area contributed by atoms with E-state index in [0.717, 1.165) is 53.7 Å². The van der Waals surface area contributed by atoms with Crippen molar-refractivity contribution in [2.45, 2.75) is 84.8 Å². The van der Waals surface area contributed by atoms with Gasteiger partial charge < -0.3 is 10.2 Å². The van der Waals surface area contributed by atoms with E-state index in [0.29, 0.717) is 6.61 Å². The molecule has 3 rings (SSSR count). The Hall–Kier alpha value is -1.84. The molecule has 0 bridgehead atoms. The highest BCUT2D eigenvalue weighted by Crippen LogP contribution is 2.35. The number of nitrogens with one attached hydrogen (secondary N) is 1. The molecular formula is C27H37ClN2O. The summed E-state index contributed by atoms with van der Waals surface area (Å²) in [5.74, 6) is 0.740. The second kappa shape index (κ2) is 12.3. The van der Waals surface area contributed by atoms with Crippen LogP contribution in [0.2, 0.25) is 5.02 Å². The van der Waals surface area contributed by atoms with Crippen molar-refractivity contribution in [2.24, 2.45) is 5.16 Å². The molecule has 3 nitrogen and oxygen atoms in total. The highest BCUT2D eigenvalue weighted by atomic mass is 35.5. The van der Waals surface area contributed by atoms with E-state index in [9.17, 15) is 0 Å². The summed E-state index contributed by atoms with van der Waals surface area (Å²) in [5.41, 5.74) is 7.14. The number of benzene rings is 2. The predicted octanol–water partition coefficient (Wildman–Crippen LogP) is 7.39. The normalized spacial score (nSPS) is 15.3. The van der Waals surface area contributed by atoms with Crippen LogP contribution in [0.25, 0.3) is 0 Å². The van der Waals surface area contributed by atoms with Crippen LogP contribution in [-0.2, 0) is 24.4 Å². The molecule has 0 aliphatic heterocycles. The van der Waals surface area contributed by atoms with Crippen molar-refractivity contribution >= 4 is 17.3 Å². The van der Waals surface area contributed by atoms with Gasteiger partial charge in [0.15, 0.2) is 0 Å². The summed E-state index contributed by atoms with van der Waals surface area (Å²) in [6.45, 7) is 8.64. The van der Waals surface area contributed by atoms with Crippen LogP contribution in [0.4, 0.5) is 0 Å². The van der Waals surface area contributed by atoms with Gasteiger partial charge in [0.25, 0.3) is 0 Å². The minimum Gasteiger partial charge on any atom is -0.391 e. The van der Waals surface area contributed by atoms with Crippen molar-refractivity contribution in [2.75, 3.05) is 6.54 Å². The average Bonchev–Trinajstić information content (AvgIpc) is 2.80. The zero-order valence-corrected chi connectivity index (χ0v) is 20.1. The summed E-state index contributed by atoms with van der Waals surface area (Å²) in [5, 5.41) is 8.50. The molecule has 1 aliphatic carbocycles. The van der Waals surface area contributed by atoms with Crippen LogP contribution in [0.3, 0.4) is 0 Å². The van der Waals surface area contributed by atoms with Crippen LogP contribution in [-0.4, -0.2) is 12.3 Å². The lowest BCUT2D eigenvalue weighted by Gasteiger charge is -2.24. The first-order chi connectivity index (χ1) is 15.1. The third-order valence-electron chi connectivity index (χ3n) is 6.28. The van der Waals surface area contributed by atoms with E-state index < -0.39 is 0 Å². The lowest BCUT2D eigenvalue weighted by atomic mass is 9.81. The first-order valence-corrected chi connectivity index (χ1v) is 12.3. The zero-order valence-electron chi connectivity index (χ0n) is 19.3. The summed E-state index contributed by atoms with van der Waals surface area (Å²) < 4.78 is 0. The Morgan fingerprint density at radius 1 is 1.06 bits per heavy atom. The van der Waals surface area contributed by atoms with E-state index in [-0.39, 0.29) is 0 Å². The maximum atomic E-state index is 6.46. The van der Waals surface area contributed by atoms with Crippen LogP contribution in [0.15, 0.2) is 41.6 Å². The summed E-state index contributed by atoms with van der Waals surface area (Å²) in [6, 6.07) is 12.9. The standard InChI is InChI=1S/C27H37ClN2O/c1-4-15-29-18-25-13-12-24(17-27(25)28)20(3)30-31-19-21-11-14-26(22(5-2)16-21)23-9-7-6-8-10-23/h11-14,16-17,23,29H,4-10,15,18-19H2,1-3H3/b30-20+. The van der Waals surface area contributed by atoms with E-state index in [1.165, 1.54) is 43.2 Å². The van der Waals surface area contributed by atoms with Gasteiger partial charge in [0, 0.05) is 17.1 Å². The molecule has 1 fully saturated rings. The van der Waals surface area contributed by atoms with Crippen molar-refractivity contribution in [1.82, 2.24) is 5.32 Å². The van der Waals surface area contributed by atoms with E-state index in [1.807, 2.05) is 13.0 Å². The Balaban J connectivity index is 1.60. The highest BCUT2D eigenvalue weighted by Gasteiger charge is 2.18. The van der Waals surface area contributed by atoms with Gasteiger partial charge in [-0.25, -0.2) is 0 Å². The monoisotopic (exact) mass is 440 g/mol. The molecule has 0 aromatic heterocycles. The molecule has 0 saturated heterocycles. The Bertz CT molecular complexity index is 872. The van der Waals surface area contributed by atoms with Crippen molar-refractivity contribution in [3.63, 3.8) is 0 Å². The van der Waals surface area contributed by atoms with Crippen molar-refractivity contribution in [1.29, 1.82) is 0 Å². The third kappa shape index (κ3) is 6.82. The summed E-state index contributed by atoms with van der Waals surface area (Å²) in [7, 11) is 0. The molecule has 2 aromatic carbocycles. The fourth-order valence-corrected chi connectivity index (χ4v) is 4.69. The van der Waals surface area contributed by atoms with Crippen LogP contribution in [0.1, 0.15) is 93.0 Å². The topological polar surface area (TPSA) is 33.6 Å². The maximum absolute atomic E-state index is 6.46. The van der Waals surface area contributed by atoms with Gasteiger partial charge in [0.1, 0.15) is 6.61 Å². The van der Waals surface area contributed by atoms with Crippen LogP contribution < -0.4 is 5.32 Å². The summed E-state index contributed by atoms with van der Waals surface area (Å²) in [6.07, 6.45) is 8.98. The van der Waals surface area contributed by atoms with Gasteiger partial charge in [-0.3, -0.25) is 0 Å². The SMILES string of the molecule is CCCNCc1ccc(/C(C)=N/OCc2ccc(C3CCCCC3)c(CC)c2)cc1Cl. The molecule has 0 atom stereocenters. The molecule has 0 amide bonds. The number of halogens is 1. The van der Waals surface area contributed by atoms with E-state index >= 15 is 0 Å². The second-order valence-corrected chi connectivity index (χ2v) is 9.06. The van der Waals surface area contributed by atoms with Crippen LogP contribution >= 0.6 is 11.6 Å². The van der Waals surface area contributed by atoms with Gasteiger partial charge >= 0.3 is 0 Å². The number of aryl methyl sites for hydroxylation is 1. The third-order valence-corrected chi connectivity index (χ3v) is 6.63. The van der Waals surface area contributed by atoms with Crippen molar-refractivity contribution < 1.29 is 4.84 Å². The predicted molar refractivity (Wildman–Crippen MR) is 132 cm³/mol. The van der Waals surface area contributed by atoms with Crippen molar-refractivity contribution in [3.8, 4) is 0 Å². The van der Waals surface area contributed by atoms with Crippen molar-refractivity contribution in [3.05, 3.63) is 69.2 Å². The molecular weight excluding hydrogens is 404 g/mol. The zero-order chi connectivity index (χ0) is 22.1. The molecule has 0 spiro atoms. The van der Waals surface area contributed by atoms with Gasteiger partial charge in [-0.2, -0.15) is 0 Å². The van der Waals surface area contributed by atoms with Gasteiger partial charge in [0.05, 0.1) is 5.71 Å². The largest absolute Gasteiger partial charge is 0.391 e. The summed E-state index contributed by atoms with van der Waals surface area (Å²) >= 11 is 6.46. The number of nitrogens with zero attached hydrogens (tertiary/aromatic N) is 1. The van der Waals surface area contributed by atoms with E-state index in [2.05, 4.69) is 54.7 Å². The van der Waals surface area contributed by atoms with E-state index in [4.69, 9.17) is 16.4 Å². The molecule has 31 heavy (non-hydrogen) atoms. The number of oxime groups is 1. The molecule has 1 N–H and O–H groups in total. The van der Waals surface area contributed by atoms with Crippen LogP contribution in [0.5, 0.6) is 0 Å². The van der Waals surface area contributed by atoms with Gasteiger partial charge in [-0.1, -0.05) is 80.2 Å². The Morgan fingerprint density at radius 3 is 2.58 bits per heavy atom. The number of hydrogen-bond donors (Lipinski definition) is 1. The molecule has 4 heteroatoms. The molecule has 0 heterocycles. The van der Waals surface area contributed by atoms with Gasteiger partial charge in [-0.05, 0) is 73.4 Å². The molecule has 1 aliphatic rings. The number of hydrogen-bond acceptors (Lipinski definition) is 3. The Kier molecular flexibility index (Phi) is 9.42. The lowest BCUT2D eigenvalue weighted by molar-refractivity contribution is 0.130. The second-order valence-electron chi connectivity index (χ2n) is 8.65. The fourth-order valence-electron chi connectivity index (χ4n) is 4.44. The van der Waals surface area contributed by atoms with Gasteiger partial charge in [-0.15, -0.1) is 0 Å². The molecule has 0 unspecified atom stereocenters. The molecule has 0 radical (unpaired) electrons. The minimum atomic E-state index is 0.488. The fraction of sp³-hybridized carbons (Fsp3) is 0.519. The highest BCUT2D eigenvalue weighted by molar-refractivity contribution is 6.31. The quantitative estimate of drug-likeness (QED) is 0.237. The molecule has 1 saturated carbocycles. The van der Waals surface area contributed by atoms with E-state index in [1.54, 1.807) is 5.56 Å². The number of rotatable bonds is 10. The maximum Gasteiger partial charge on any atom is 0.142 e. The summed E-state index contributed by atoms with van der Waals surface area (Å²) in [4.78, 5) is 5.70. The lowest BCUT2D eigenvalue weighted by Crippen LogP contribution is -2.14. The Morgan fingerprint density at radius 2 is 1.87 bits per heavy atom. The first-order valence-electron chi connectivity index (χ1n) is 11.9. The minimum absolute atomic E-state index is 0.488. The Labute approximate surface area is 193 Å². The average molecular weight is 441 g/mol. The molecule has 168 valence electrons. The van der Waals surface area contributed by atoms with Gasteiger partial charge in [0.2, 0.25) is 0 Å². The smallest absolute Gasteiger partial charge is 0.142 e. The first kappa shape index (κ1) is 23.8. The molecule has 2 aromatic rings.